The Bertz CT molecular complexity index is 1180. The number of hydrogen-bond acceptors (Lipinski definition) is 2. The molecule has 3 rings (SSSR count). The average Bonchev–Trinajstić information content (AvgIpc) is 2.72. The largest absolute Gasteiger partial charge is 0.321 e. The molecule has 1 N–H and O–H groups in total. The maximum atomic E-state index is 12.5. The molecule has 0 bridgehead atoms. The monoisotopic (exact) mass is 478 g/mol. The molecule has 0 radical (unpaired) electrons. The molecule has 0 heterocycles. The first kappa shape index (κ1) is 21.8. The molecule has 30 heavy (non-hydrogen) atoms. The summed E-state index contributed by atoms with van der Waals surface area (Å²) >= 11 is 10.0. The van der Waals surface area contributed by atoms with Gasteiger partial charge in [-0.2, -0.15) is 5.26 Å². The first-order valence-electron chi connectivity index (χ1n) is 9.39. The highest BCUT2D eigenvalue weighted by atomic mass is 79.9. The number of halogens is 2. The summed E-state index contributed by atoms with van der Waals surface area (Å²) in [5, 5.41) is 12.8. The van der Waals surface area contributed by atoms with Crippen molar-refractivity contribution in [3.8, 4) is 6.07 Å². The van der Waals surface area contributed by atoms with Gasteiger partial charge in [-0.15, -0.1) is 0 Å². The number of nitriles is 1. The van der Waals surface area contributed by atoms with Gasteiger partial charge >= 0.3 is 0 Å². The number of anilines is 1. The number of aryl methyl sites for hydroxylation is 2. The van der Waals surface area contributed by atoms with Gasteiger partial charge in [-0.05, 0) is 72.0 Å². The number of benzene rings is 3. The van der Waals surface area contributed by atoms with E-state index in [0.29, 0.717) is 22.7 Å². The van der Waals surface area contributed by atoms with E-state index >= 15 is 0 Å². The lowest BCUT2D eigenvalue weighted by Crippen LogP contribution is -2.13. The smallest absolute Gasteiger partial charge is 0.266 e. The van der Waals surface area contributed by atoms with Gasteiger partial charge in [-0.1, -0.05) is 63.9 Å². The van der Waals surface area contributed by atoms with Crippen molar-refractivity contribution in [2.75, 3.05) is 5.32 Å². The summed E-state index contributed by atoms with van der Waals surface area (Å²) in [5.41, 5.74) is 5.69. The third kappa shape index (κ3) is 5.38. The van der Waals surface area contributed by atoms with Crippen LogP contribution in [0, 0.1) is 25.2 Å². The van der Waals surface area contributed by atoms with Crippen LogP contribution in [0.4, 0.5) is 5.69 Å². The van der Waals surface area contributed by atoms with Crippen LogP contribution < -0.4 is 5.32 Å². The predicted molar refractivity (Wildman–Crippen MR) is 127 cm³/mol. The Morgan fingerprint density at radius 2 is 1.83 bits per heavy atom. The SMILES string of the molecule is Cc1ccc(NC(=O)/C(C#N)=C/c2ccc(Cc3ccccc3Br)c(Cl)c2)cc1C. The van der Waals surface area contributed by atoms with E-state index in [-0.39, 0.29) is 5.57 Å². The standard InChI is InChI=1S/C25H20BrClN2O/c1-16-7-10-22(11-17(16)2)29-25(30)21(15-28)12-18-8-9-20(24(27)13-18)14-19-5-3-4-6-23(19)26/h3-13H,14H2,1-2H3,(H,29,30)/b21-12+. The van der Waals surface area contributed by atoms with E-state index in [1.807, 2.05) is 74.5 Å². The van der Waals surface area contributed by atoms with Gasteiger partial charge in [0.25, 0.3) is 5.91 Å². The zero-order chi connectivity index (χ0) is 21.7. The molecule has 0 saturated carbocycles. The highest BCUT2D eigenvalue weighted by Gasteiger charge is 2.11. The summed E-state index contributed by atoms with van der Waals surface area (Å²) in [4.78, 5) is 12.5. The third-order valence-electron chi connectivity index (χ3n) is 4.86. The van der Waals surface area contributed by atoms with Crippen LogP contribution in [0.5, 0.6) is 0 Å². The van der Waals surface area contributed by atoms with E-state index in [2.05, 4.69) is 21.2 Å². The van der Waals surface area contributed by atoms with Gasteiger partial charge in [0.2, 0.25) is 0 Å². The third-order valence-corrected chi connectivity index (χ3v) is 5.98. The van der Waals surface area contributed by atoms with Crippen LogP contribution in [0.3, 0.4) is 0 Å². The van der Waals surface area contributed by atoms with E-state index in [9.17, 15) is 10.1 Å². The molecule has 3 aromatic carbocycles. The Morgan fingerprint density at radius 1 is 1.07 bits per heavy atom. The number of hydrogen-bond donors (Lipinski definition) is 1. The van der Waals surface area contributed by atoms with Crippen LogP contribution >= 0.6 is 27.5 Å². The molecule has 0 aliphatic rings. The summed E-state index contributed by atoms with van der Waals surface area (Å²) < 4.78 is 1.03. The zero-order valence-corrected chi connectivity index (χ0v) is 19.0. The molecule has 0 aliphatic heterocycles. The molecule has 1 amide bonds. The molecule has 0 atom stereocenters. The molecule has 0 aromatic heterocycles. The number of amides is 1. The van der Waals surface area contributed by atoms with E-state index in [1.54, 1.807) is 12.1 Å². The van der Waals surface area contributed by atoms with Crippen LogP contribution in [0.15, 0.2) is 70.7 Å². The molecule has 0 saturated heterocycles. The molecule has 5 heteroatoms. The minimum atomic E-state index is -0.450. The van der Waals surface area contributed by atoms with Crippen molar-refractivity contribution >= 4 is 45.2 Å². The highest BCUT2D eigenvalue weighted by Crippen LogP contribution is 2.26. The molecule has 0 unspecified atom stereocenters. The highest BCUT2D eigenvalue weighted by molar-refractivity contribution is 9.10. The van der Waals surface area contributed by atoms with Gasteiger partial charge in [-0.3, -0.25) is 4.79 Å². The fraction of sp³-hybridized carbons (Fsp3) is 0.120. The number of carbonyl (C=O) groups excluding carboxylic acids is 1. The minimum Gasteiger partial charge on any atom is -0.321 e. The second-order valence-electron chi connectivity index (χ2n) is 7.04. The Hall–Kier alpha value is -2.87. The van der Waals surface area contributed by atoms with Gasteiger partial charge in [0, 0.05) is 21.6 Å². The predicted octanol–water partition coefficient (Wildman–Crippen LogP) is 6.86. The van der Waals surface area contributed by atoms with E-state index in [1.165, 1.54) is 0 Å². The molecule has 150 valence electrons. The van der Waals surface area contributed by atoms with Crippen molar-refractivity contribution in [3.63, 3.8) is 0 Å². The Labute approximate surface area is 190 Å². The molecule has 0 aliphatic carbocycles. The first-order chi connectivity index (χ1) is 14.4. The van der Waals surface area contributed by atoms with Crippen LogP contribution in [0.2, 0.25) is 5.02 Å². The second kappa shape index (κ2) is 9.75. The number of nitrogens with zero attached hydrogens (tertiary/aromatic N) is 1. The molecule has 0 spiro atoms. The Kier molecular flexibility index (Phi) is 7.10. The lowest BCUT2D eigenvalue weighted by molar-refractivity contribution is -0.112. The Balaban J connectivity index is 1.79. The zero-order valence-electron chi connectivity index (χ0n) is 16.7. The van der Waals surface area contributed by atoms with Crippen molar-refractivity contribution in [1.82, 2.24) is 0 Å². The summed E-state index contributed by atoms with van der Waals surface area (Å²) in [6.45, 7) is 3.98. The number of carbonyl (C=O) groups is 1. The fourth-order valence-corrected chi connectivity index (χ4v) is 3.66. The van der Waals surface area contributed by atoms with Crippen LogP contribution in [-0.4, -0.2) is 5.91 Å². The summed E-state index contributed by atoms with van der Waals surface area (Å²) in [6.07, 6.45) is 2.23. The summed E-state index contributed by atoms with van der Waals surface area (Å²) in [6, 6.07) is 21.2. The van der Waals surface area contributed by atoms with Crippen LogP contribution in [0.1, 0.15) is 27.8 Å². The van der Waals surface area contributed by atoms with E-state index < -0.39 is 5.91 Å². The summed E-state index contributed by atoms with van der Waals surface area (Å²) in [7, 11) is 0. The van der Waals surface area contributed by atoms with Crippen molar-refractivity contribution in [2.24, 2.45) is 0 Å². The molecular weight excluding hydrogens is 460 g/mol. The molecule has 0 fully saturated rings. The maximum Gasteiger partial charge on any atom is 0.266 e. The van der Waals surface area contributed by atoms with E-state index in [4.69, 9.17) is 11.6 Å². The van der Waals surface area contributed by atoms with Crippen LogP contribution in [0.25, 0.3) is 6.08 Å². The average molecular weight is 480 g/mol. The van der Waals surface area contributed by atoms with Crippen molar-refractivity contribution in [1.29, 1.82) is 5.26 Å². The van der Waals surface area contributed by atoms with Crippen molar-refractivity contribution in [3.05, 3.63) is 104 Å². The molecule has 3 aromatic rings. The van der Waals surface area contributed by atoms with Crippen LogP contribution in [-0.2, 0) is 11.2 Å². The fourth-order valence-electron chi connectivity index (χ4n) is 2.98. The normalized spacial score (nSPS) is 11.1. The summed E-state index contributed by atoms with van der Waals surface area (Å²) in [5.74, 6) is -0.450. The Morgan fingerprint density at radius 3 is 2.50 bits per heavy atom. The quantitative estimate of drug-likeness (QED) is 0.321. The van der Waals surface area contributed by atoms with Gasteiger partial charge < -0.3 is 5.32 Å². The number of rotatable bonds is 5. The van der Waals surface area contributed by atoms with Gasteiger partial charge in [0.1, 0.15) is 11.6 Å². The van der Waals surface area contributed by atoms with Crippen molar-refractivity contribution in [2.45, 2.75) is 20.3 Å². The van der Waals surface area contributed by atoms with Gasteiger partial charge in [0.05, 0.1) is 0 Å². The van der Waals surface area contributed by atoms with Gasteiger partial charge in [0.15, 0.2) is 0 Å². The number of nitrogens with one attached hydrogen (secondary N) is 1. The van der Waals surface area contributed by atoms with Gasteiger partial charge in [-0.25, -0.2) is 0 Å². The van der Waals surface area contributed by atoms with Crippen molar-refractivity contribution < 1.29 is 4.79 Å². The van der Waals surface area contributed by atoms with E-state index in [0.717, 1.165) is 26.7 Å². The maximum absolute atomic E-state index is 12.5. The lowest BCUT2D eigenvalue weighted by atomic mass is 10.0. The minimum absolute atomic E-state index is 0.0165. The molecule has 3 nitrogen and oxygen atoms in total. The first-order valence-corrected chi connectivity index (χ1v) is 10.6. The lowest BCUT2D eigenvalue weighted by Gasteiger charge is -2.09. The topological polar surface area (TPSA) is 52.9 Å². The second-order valence-corrected chi connectivity index (χ2v) is 8.30. The molecular formula is C25H20BrClN2O.